The quantitative estimate of drug-likeness (QED) is 0.210. The Labute approximate surface area is 256 Å². The van der Waals surface area contributed by atoms with E-state index in [4.69, 9.17) is 4.42 Å². The van der Waals surface area contributed by atoms with Crippen molar-refractivity contribution in [1.29, 1.82) is 0 Å². The highest BCUT2D eigenvalue weighted by Gasteiger charge is 2.27. The number of hydrogen-bond acceptors (Lipinski definition) is 2. The lowest BCUT2D eigenvalue weighted by molar-refractivity contribution is 0.596. The molecule has 6 aromatic carbocycles. The van der Waals surface area contributed by atoms with Crippen molar-refractivity contribution in [3.63, 3.8) is 0 Å². The van der Waals surface area contributed by atoms with Crippen molar-refractivity contribution >= 4 is 60.0 Å². The zero-order valence-corrected chi connectivity index (χ0v) is 24.1. The van der Waals surface area contributed by atoms with Gasteiger partial charge in [0.1, 0.15) is 5.52 Å². The molecular formula is C41H24N2O2. The van der Waals surface area contributed by atoms with Gasteiger partial charge in [-0.15, -0.1) is 0 Å². The Balaban J connectivity index is 1.38. The van der Waals surface area contributed by atoms with Gasteiger partial charge in [-0.2, -0.15) is 0 Å². The van der Waals surface area contributed by atoms with Gasteiger partial charge < -0.3 is 4.42 Å². The summed E-state index contributed by atoms with van der Waals surface area (Å²) in [5.74, 6) is 0.722. The maximum atomic E-state index is 13.9. The molecule has 0 fully saturated rings. The van der Waals surface area contributed by atoms with Gasteiger partial charge in [-0.3, -0.25) is 13.8 Å². The summed E-state index contributed by atoms with van der Waals surface area (Å²) >= 11 is 0. The van der Waals surface area contributed by atoms with Gasteiger partial charge in [0.25, 0.3) is 5.56 Å². The molecule has 0 aliphatic heterocycles. The van der Waals surface area contributed by atoms with Crippen molar-refractivity contribution < 1.29 is 4.42 Å². The molecule has 210 valence electrons. The molecule has 4 nitrogen and oxygen atoms in total. The first-order chi connectivity index (χ1) is 22.3. The van der Waals surface area contributed by atoms with Crippen molar-refractivity contribution in [2.24, 2.45) is 0 Å². The molecule has 0 radical (unpaired) electrons. The highest BCUT2D eigenvalue weighted by Crippen LogP contribution is 2.44. The van der Waals surface area contributed by atoms with Crippen molar-refractivity contribution in [3.8, 4) is 28.1 Å². The molecule has 0 amide bonds. The summed E-state index contributed by atoms with van der Waals surface area (Å²) in [6, 6.07) is 50.3. The zero-order chi connectivity index (χ0) is 29.6. The average Bonchev–Trinajstić information content (AvgIpc) is 3.76. The van der Waals surface area contributed by atoms with Gasteiger partial charge in [-0.05, 0) is 58.7 Å². The van der Waals surface area contributed by atoms with Gasteiger partial charge in [-0.1, -0.05) is 109 Å². The van der Waals surface area contributed by atoms with Gasteiger partial charge >= 0.3 is 0 Å². The van der Waals surface area contributed by atoms with E-state index in [0.717, 1.165) is 71.6 Å². The molecule has 0 aliphatic carbocycles. The van der Waals surface area contributed by atoms with Crippen LogP contribution in [0, 0.1) is 0 Å². The third kappa shape index (κ3) is 3.28. The first-order valence-corrected chi connectivity index (χ1v) is 15.2. The standard InChI is InChI=1S/C41H24N2O2/c44-40-30-16-8-7-15-29(30)39-38-37(31-17-9-10-18-34(31)43(38)40)41(45-39)42-35-21-19-27(25-11-3-1-4-12-25)23-32(35)33-24-28(20-22-36(33)42)26-13-5-2-6-14-26/h1-24H. The average molecular weight is 577 g/mol. The smallest absolute Gasteiger partial charge is 0.263 e. The number of para-hydroxylation sites is 1. The largest absolute Gasteiger partial charge is 0.437 e. The normalized spacial score (nSPS) is 12.1. The van der Waals surface area contributed by atoms with Crippen molar-refractivity contribution in [3.05, 3.63) is 156 Å². The Kier molecular flexibility index (Phi) is 4.83. The first-order valence-electron chi connectivity index (χ1n) is 15.2. The monoisotopic (exact) mass is 576 g/mol. The zero-order valence-electron chi connectivity index (χ0n) is 24.1. The molecule has 0 unspecified atom stereocenters. The molecule has 0 atom stereocenters. The van der Waals surface area contributed by atoms with Crippen molar-refractivity contribution in [2.75, 3.05) is 0 Å². The second-order valence-corrected chi connectivity index (χ2v) is 11.7. The lowest BCUT2D eigenvalue weighted by Gasteiger charge is -2.07. The Morgan fingerprint density at radius 1 is 0.444 bits per heavy atom. The fourth-order valence-corrected chi connectivity index (χ4v) is 7.27. The van der Waals surface area contributed by atoms with Crippen LogP contribution in [0.2, 0.25) is 0 Å². The predicted molar refractivity (Wildman–Crippen MR) is 185 cm³/mol. The SMILES string of the molecule is O=c1c2ccccc2c2oc(-n3c4ccc(-c5ccccc5)cc4c4cc(-c5ccccc5)ccc43)c3c4ccccc4n1c23. The van der Waals surface area contributed by atoms with E-state index in [1.807, 2.05) is 59.0 Å². The molecule has 4 heteroatoms. The number of fused-ring (bicyclic) bond motifs is 8. The fraction of sp³-hybridized carbons (Fsp3) is 0. The third-order valence-corrected chi connectivity index (χ3v) is 9.29. The number of pyridine rings is 1. The summed E-state index contributed by atoms with van der Waals surface area (Å²) in [5.41, 5.74) is 9.17. The molecule has 10 rings (SSSR count). The summed E-state index contributed by atoms with van der Waals surface area (Å²) in [4.78, 5) is 13.9. The van der Waals surface area contributed by atoms with Gasteiger partial charge in [0.15, 0.2) is 5.58 Å². The van der Waals surface area contributed by atoms with Crippen LogP contribution in [0.5, 0.6) is 0 Å². The lowest BCUT2D eigenvalue weighted by atomic mass is 10.0. The number of benzene rings is 6. The maximum absolute atomic E-state index is 13.9. The molecule has 4 heterocycles. The third-order valence-electron chi connectivity index (χ3n) is 9.29. The molecule has 4 aromatic heterocycles. The summed E-state index contributed by atoms with van der Waals surface area (Å²) < 4.78 is 11.0. The van der Waals surface area contributed by atoms with Crippen LogP contribution in [-0.4, -0.2) is 8.97 Å². The minimum atomic E-state index is -0.0288. The van der Waals surface area contributed by atoms with Crippen LogP contribution in [0.25, 0.3) is 88.1 Å². The second-order valence-electron chi connectivity index (χ2n) is 11.7. The Morgan fingerprint density at radius 2 is 0.978 bits per heavy atom. The van der Waals surface area contributed by atoms with E-state index in [0.29, 0.717) is 5.39 Å². The summed E-state index contributed by atoms with van der Waals surface area (Å²) in [6.07, 6.45) is 0. The number of rotatable bonds is 3. The summed E-state index contributed by atoms with van der Waals surface area (Å²) in [6.45, 7) is 0. The van der Waals surface area contributed by atoms with Crippen LogP contribution in [0.3, 0.4) is 0 Å². The molecule has 0 saturated carbocycles. The topological polar surface area (TPSA) is 39.5 Å². The number of furan rings is 1. The minimum absolute atomic E-state index is 0.0288. The fourth-order valence-electron chi connectivity index (χ4n) is 7.27. The van der Waals surface area contributed by atoms with E-state index in [-0.39, 0.29) is 5.56 Å². The van der Waals surface area contributed by atoms with E-state index < -0.39 is 0 Å². The molecular weight excluding hydrogens is 552 g/mol. The van der Waals surface area contributed by atoms with Gasteiger partial charge in [0.2, 0.25) is 5.88 Å². The lowest BCUT2D eigenvalue weighted by Crippen LogP contribution is -2.12. The van der Waals surface area contributed by atoms with Crippen LogP contribution in [0.15, 0.2) is 155 Å². The molecule has 10 aromatic rings. The molecule has 0 saturated heterocycles. The molecule has 0 N–H and O–H groups in total. The van der Waals surface area contributed by atoms with Crippen molar-refractivity contribution in [2.45, 2.75) is 0 Å². The van der Waals surface area contributed by atoms with Crippen LogP contribution in [-0.2, 0) is 0 Å². The van der Waals surface area contributed by atoms with E-state index in [1.165, 1.54) is 11.1 Å². The van der Waals surface area contributed by atoms with Gasteiger partial charge in [-0.25, -0.2) is 0 Å². The summed E-state index contributed by atoms with van der Waals surface area (Å²) in [5, 5.41) is 5.70. The molecule has 0 spiro atoms. The van der Waals surface area contributed by atoms with Crippen LogP contribution >= 0.6 is 0 Å². The van der Waals surface area contributed by atoms with Crippen LogP contribution in [0.4, 0.5) is 0 Å². The number of nitrogens with zero attached hydrogens (tertiary/aromatic N) is 2. The van der Waals surface area contributed by atoms with Gasteiger partial charge in [0, 0.05) is 21.5 Å². The number of aromatic nitrogens is 2. The molecule has 0 bridgehead atoms. The predicted octanol–water partition coefficient (Wildman–Crippen LogP) is 10.2. The first kappa shape index (κ1) is 24.3. The number of hydrogen-bond donors (Lipinski definition) is 0. The van der Waals surface area contributed by atoms with E-state index >= 15 is 0 Å². The van der Waals surface area contributed by atoms with Gasteiger partial charge in [0.05, 0.1) is 27.3 Å². The van der Waals surface area contributed by atoms with Crippen LogP contribution in [0.1, 0.15) is 0 Å². The van der Waals surface area contributed by atoms with Crippen molar-refractivity contribution in [1.82, 2.24) is 8.97 Å². The highest BCUT2D eigenvalue weighted by molar-refractivity contribution is 6.22. The molecule has 45 heavy (non-hydrogen) atoms. The van der Waals surface area contributed by atoms with E-state index in [2.05, 4.69) is 95.6 Å². The Morgan fingerprint density at radius 3 is 1.60 bits per heavy atom. The second kappa shape index (κ2) is 8.94. The summed E-state index contributed by atoms with van der Waals surface area (Å²) in [7, 11) is 0. The van der Waals surface area contributed by atoms with E-state index in [9.17, 15) is 4.79 Å². The Bertz CT molecular complexity index is 2720. The maximum Gasteiger partial charge on any atom is 0.263 e. The molecule has 0 aliphatic rings. The van der Waals surface area contributed by atoms with E-state index in [1.54, 1.807) is 0 Å². The highest BCUT2D eigenvalue weighted by atomic mass is 16.4. The van der Waals surface area contributed by atoms with Crippen LogP contribution < -0.4 is 5.56 Å². The Hall–Kier alpha value is -6.13. The minimum Gasteiger partial charge on any atom is -0.437 e.